The fraction of sp³-hybridized carbons (Fsp3) is 0.368. The number of carbonyl (C=O) groups is 1. The van der Waals surface area contributed by atoms with Gasteiger partial charge in [-0.05, 0) is 49.2 Å². The van der Waals surface area contributed by atoms with Gasteiger partial charge in [-0.1, -0.05) is 0 Å². The molecule has 0 saturated heterocycles. The summed E-state index contributed by atoms with van der Waals surface area (Å²) in [6.07, 6.45) is 0.920. The Bertz CT molecular complexity index is 976. The zero-order valence-electron chi connectivity index (χ0n) is 15.6. The third kappa shape index (κ3) is 5.11. The third-order valence-electron chi connectivity index (χ3n) is 4.20. The molecule has 0 bridgehead atoms. The molecule has 1 N–H and O–H groups in total. The van der Waals surface area contributed by atoms with E-state index >= 15 is 0 Å². The van der Waals surface area contributed by atoms with Gasteiger partial charge in [-0.3, -0.25) is 9.36 Å². The number of amides is 1. The van der Waals surface area contributed by atoms with Crippen molar-refractivity contribution < 1.29 is 4.79 Å². The molecule has 0 spiro atoms. The van der Waals surface area contributed by atoms with Gasteiger partial charge in [-0.15, -0.1) is 11.3 Å². The summed E-state index contributed by atoms with van der Waals surface area (Å²) in [7, 11) is 0. The van der Waals surface area contributed by atoms with E-state index in [0.29, 0.717) is 18.7 Å². The highest BCUT2D eigenvalue weighted by molar-refractivity contribution is 7.09. The van der Waals surface area contributed by atoms with Gasteiger partial charge in [0.05, 0.1) is 6.04 Å². The van der Waals surface area contributed by atoms with Gasteiger partial charge in [-0.2, -0.15) is 16.3 Å². The van der Waals surface area contributed by atoms with Crippen molar-refractivity contribution in [3.05, 3.63) is 66.4 Å². The van der Waals surface area contributed by atoms with E-state index in [1.54, 1.807) is 29.6 Å². The molecule has 0 aliphatic carbocycles. The number of thiazole rings is 1. The van der Waals surface area contributed by atoms with Gasteiger partial charge in [0.1, 0.15) is 5.01 Å². The number of aryl methyl sites for hydroxylation is 3. The lowest BCUT2D eigenvalue weighted by Gasteiger charge is -2.17. The maximum Gasteiger partial charge on any atom is 0.347 e. The summed E-state index contributed by atoms with van der Waals surface area (Å²) in [5, 5.41) is 10.1. The van der Waals surface area contributed by atoms with Gasteiger partial charge in [0.25, 0.3) is 0 Å². The Balaban J connectivity index is 1.68. The van der Waals surface area contributed by atoms with Crippen LogP contribution in [0.25, 0.3) is 0 Å². The second-order valence-electron chi connectivity index (χ2n) is 6.51. The van der Waals surface area contributed by atoms with Crippen molar-refractivity contribution in [1.29, 1.82) is 0 Å². The first-order chi connectivity index (χ1) is 12.9. The molecule has 0 aliphatic heterocycles. The van der Waals surface area contributed by atoms with Gasteiger partial charge in [-0.25, -0.2) is 9.78 Å². The lowest BCUT2D eigenvalue weighted by atomic mass is 10.1. The standard InChI is InChI=1S/C19H22N4O2S2/c1-12-8-14(3)23(19(25)21-12)6-4-17(24)22-16(9-15-5-7-26-11-15)18-20-13(2)10-27-18/h5,7-8,10-11,16H,4,6,9H2,1-3H3,(H,22,24). The molecule has 1 amide bonds. The Morgan fingerprint density at radius 3 is 2.67 bits per heavy atom. The monoisotopic (exact) mass is 402 g/mol. The Morgan fingerprint density at radius 1 is 1.22 bits per heavy atom. The van der Waals surface area contributed by atoms with Crippen LogP contribution in [0.4, 0.5) is 0 Å². The fourth-order valence-electron chi connectivity index (χ4n) is 2.90. The second kappa shape index (κ2) is 8.58. The maximum atomic E-state index is 12.6. The van der Waals surface area contributed by atoms with Crippen LogP contribution in [0.2, 0.25) is 0 Å². The molecule has 0 radical (unpaired) electrons. The molecule has 3 aromatic heterocycles. The van der Waals surface area contributed by atoms with Crippen LogP contribution in [-0.4, -0.2) is 20.4 Å². The molecule has 0 saturated carbocycles. The zero-order valence-corrected chi connectivity index (χ0v) is 17.2. The number of aromatic nitrogens is 3. The Kier molecular flexibility index (Phi) is 6.18. The fourth-order valence-corrected chi connectivity index (χ4v) is 4.43. The minimum Gasteiger partial charge on any atom is -0.346 e. The number of nitrogens with zero attached hydrogens (tertiary/aromatic N) is 3. The SMILES string of the molecule is Cc1csc(C(Cc2ccsc2)NC(=O)CCn2c(C)cc(C)nc2=O)n1. The van der Waals surface area contributed by atoms with Crippen LogP contribution < -0.4 is 11.0 Å². The minimum absolute atomic E-state index is 0.102. The van der Waals surface area contributed by atoms with Crippen LogP contribution >= 0.6 is 22.7 Å². The smallest absolute Gasteiger partial charge is 0.346 e. The first-order valence-electron chi connectivity index (χ1n) is 8.70. The summed E-state index contributed by atoms with van der Waals surface area (Å²) in [5.41, 5.74) is 3.31. The number of hydrogen-bond donors (Lipinski definition) is 1. The zero-order chi connectivity index (χ0) is 19.4. The topological polar surface area (TPSA) is 76.9 Å². The van der Waals surface area contributed by atoms with Crippen molar-refractivity contribution in [2.45, 2.75) is 46.2 Å². The molecule has 142 valence electrons. The minimum atomic E-state index is -0.314. The predicted molar refractivity (Wildman–Crippen MR) is 108 cm³/mol. The van der Waals surface area contributed by atoms with Gasteiger partial charge >= 0.3 is 5.69 Å². The molecule has 27 heavy (non-hydrogen) atoms. The Labute approximate surface area is 165 Å². The number of hydrogen-bond acceptors (Lipinski definition) is 6. The maximum absolute atomic E-state index is 12.6. The van der Waals surface area contributed by atoms with E-state index in [1.165, 1.54) is 10.1 Å². The van der Waals surface area contributed by atoms with Crippen LogP contribution in [0, 0.1) is 20.8 Å². The number of nitrogens with one attached hydrogen (secondary N) is 1. The molecule has 6 nitrogen and oxygen atoms in total. The molecule has 0 fully saturated rings. The number of carbonyl (C=O) groups excluding carboxylic acids is 1. The molecule has 0 aliphatic rings. The van der Waals surface area contributed by atoms with Crippen LogP contribution in [0.5, 0.6) is 0 Å². The summed E-state index contributed by atoms with van der Waals surface area (Å²) in [5.74, 6) is -0.102. The molecule has 1 atom stereocenters. The van der Waals surface area contributed by atoms with Gasteiger partial charge in [0.2, 0.25) is 5.91 Å². The van der Waals surface area contributed by atoms with E-state index < -0.39 is 0 Å². The van der Waals surface area contributed by atoms with Gasteiger partial charge < -0.3 is 5.32 Å². The lowest BCUT2D eigenvalue weighted by molar-refractivity contribution is -0.122. The molecule has 0 aromatic carbocycles. The van der Waals surface area contributed by atoms with Crippen LogP contribution in [0.1, 0.15) is 40.1 Å². The average molecular weight is 403 g/mol. The summed E-state index contributed by atoms with van der Waals surface area (Å²) < 4.78 is 1.54. The molecular formula is C19H22N4O2S2. The molecule has 8 heteroatoms. The molecule has 3 rings (SSSR count). The highest BCUT2D eigenvalue weighted by Gasteiger charge is 2.19. The lowest BCUT2D eigenvalue weighted by Crippen LogP contribution is -2.32. The molecule has 3 aromatic rings. The van der Waals surface area contributed by atoms with E-state index in [9.17, 15) is 9.59 Å². The van der Waals surface area contributed by atoms with Crippen molar-refractivity contribution in [2.75, 3.05) is 0 Å². The second-order valence-corrected chi connectivity index (χ2v) is 8.18. The van der Waals surface area contributed by atoms with Crippen LogP contribution in [0.3, 0.4) is 0 Å². The number of thiophene rings is 1. The van der Waals surface area contributed by atoms with E-state index in [4.69, 9.17) is 0 Å². The predicted octanol–water partition coefficient (Wildman–Crippen LogP) is 3.18. The first kappa shape index (κ1) is 19.4. The average Bonchev–Trinajstić information content (AvgIpc) is 3.25. The van der Waals surface area contributed by atoms with Crippen molar-refractivity contribution in [3.8, 4) is 0 Å². The normalized spacial score (nSPS) is 12.1. The summed E-state index contributed by atoms with van der Waals surface area (Å²) >= 11 is 3.19. The quantitative estimate of drug-likeness (QED) is 0.658. The number of rotatable bonds is 7. The van der Waals surface area contributed by atoms with Crippen molar-refractivity contribution in [2.24, 2.45) is 0 Å². The van der Waals surface area contributed by atoms with Crippen LogP contribution in [-0.2, 0) is 17.8 Å². The summed E-state index contributed by atoms with van der Waals surface area (Å²) in [4.78, 5) is 33.1. The summed E-state index contributed by atoms with van der Waals surface area (Å²) in [6, 6.07) is 3.74. The largest absolute Gasteiger partial charge is 0.347 e. The third-order valence-corrected chi connectivity index (χ3v) is 6.01. The van der Waals surface area contributed by atoms with Crippen LogP contribution in [0.15, 0.2) is 33.1 Å². The van der Waals surface area contributed by atoms with E-state index in [0.717, 1.165) is 16.4 Å². The highest BCUT2D eigenvalue weighted by Crippen LogP contribution is 2.23. The van der Waals surface area contributed by atoms with Gasteiger partial charge in [0.15, 0.2) is 0 Å². The molecular weight excluding hydrogens is 380 g/mol. The first-order valence-corrected chi connectivity index (χ1v) is 10.5. The van der Waals surface area contributed by atoms with E-state index in [-0.39, 0.29) is 24.1 Å². The molecule has 3 heterocycles. The molecule has 1 unspecified atom stereocenters. The summed E-state index contributed by atoms with van der Waals surface area (Å²) in [6.45, 7) is 5.90. The van der Waals surface area contributed by atoms with Gasteiger partial charge in [0, 0.05) is 41.8 Å². The highest BCUT2D eigenvalue weighted by atomic mass is 32.1. The van der Waals surface area contributed by atoms with Crippen molar-refractivity contribution >= 4 is 28.6 Å². The van der Waals surface area contributed by atoms with Crippen molar-refractivity contribution in [3.63, 3.8) is 0 Å². The Hall–Kier alpha value is -2.32. The van der Waals surface area contributed by atoms with E-state index in [1.807, 2.05) is 30.7 Å². The Morgan fingerprint density at radius 2 is 2.04 bits per heavy atom. The van der Waals surface area contributed by atoms with E-state index in [2.05, 4.69) is 26.7 Å². The van der Waals surface area contributed by atoms with Crippen molar-refractivity contribution in [1.82, 2.24) is 19.9 Å².